The Labute approximate surface area is 163 Å². The monoisotopic (exact) mass is 519 g/mol. The summed E-state index contributed by atoms with van der Waals surface area (Å²) in [5, 5.41) is 0. The van der Waals surface area contributed by atoms with Crippen molar-refractivity contribution in [1.29, 1.82) is 0 Å². The topological polar surface area (TPSA) is 9.23 Å². The third-order valence-corrected chi connectivity index (χ3v) is 6.39. The smallest absolute Gasteiger partial charge is 0.418 e. The van der Waals surface area contributed by atoms with Crippen molar-refractivity contribution >= 4 is 8.32 Å². The van der Waals surface area contributed by atoms with E-state index >= 15 is 0 Å². The summed E-state index contributed by atoms with van der Waals surface area (Å²) in [4.78, 5) is 0. The summed E-state index contributed by atoms with van der Waals surface area (Å²) in [6, 6.07) is 10.1. The molecule has 0 unspecified atom stereocenters. The van der Waals surface area contributed by atoms with Crippen LogP contribution in [0.15, 0.2) is 24.3 Å². The Bertz CT molecular complexity index is 309. The molecule has 0 fully saturated rings. The van der Waals surface area contributed by atoms with Crippen LogP contribution in [0.2, 0.25) is 19.1 Å². The molecule has 140 valence electrons. The first-order valence-electron chi connectivity index (χ1n) is 7.98. The van der Waals surface area contributed by atoms with Crippen molar-refractivity contribution in [1.82, 2.24) is 0 Å². The zero-order chi connectivity index (χ0) is 14.0. The maximum Gasteiger partial charge on any atom is 4.00 e. The molecule has 0 atom stereocenters. The van der Waals surface area contributed by atoms with Crippen molar-refractivity contribution in [2.24, 2.45) is 0 Å². The van der Waals surface area contributed by atoms with Gasteiger partial charge in [-0.15, -0.1) is 0 Å². The van der Waals surface area contributed by atoms with Crippen molar-refractivity contribution in [3.05, 3.63) is 52.1 Å². The molecular formula is C20H40OPtSi. The third kappa shape index (κ3) is 16.8. The zero-order valence-corrected chi connectivity index (χ0v) is 19.7. The van der Waals surface area contributed by atoms with Gasteiger partial charge in [0.1, 0.15) is 0 Å². The molecule has 0 aliphatic rings. The zero-order valence-electron chi connectivity index (χ0n) is 16.4. The summed E-state index contributed by atoms with van der Waals surface area (Å²) < 4.78 is 5.85. The van der Waals surface area contributed by atoms with Gasteiger partial charge in [0.25, 0.3) is 0 Å². The minimum atomic E-state index is -1.32. The van der Waals surface area contributed by atoms with Crippen LogP contribution in [0.1, 0.15) is 51.0 Å². The third-order valence-electron chi connectivity index (χ3n) is 3.76. The Morgan fingerprint density at radius 1 is 0.826 bits per heavy atom. The maximum atomic E-state index is 5.85. The second kappa shape index (κ2) is 18.6. The van der Waals surface area contributed by atoms with E-state index in [0.29, 0.717) is 0 Å². The molecule has 0 saturated carbocycles. The van der Waals surface area contributed by atoms with E-state index in [1.54, 1.807) is 0 Å². The van der Waals surface area contributed by atoms with Crippen LogP contribution in [0.3, 0.4) is 0 Å². The number of aryl methyl sites for hydroxylation is 1. The summed E-state index contributed by atoms with van der Waals surface area (Å²) in [6.45, 7) is 7.69. The van der Waals surface area contributed by atoms with Crippen molar-refractivity contribution < 1.29 is 25.5 Å². The Morgan fingerprint density at radius 2 is 1.30 bits per heavy atom. The van der Waals surface area contributed by atoms with Gasteiger partial charge in [-0.2, -0.15) is 17.7 Å². The van der Waals surface area contributed by atoms with E-state index in [-0.39, 0.29) is 43.3 Å². The second-order valence-corrected chi connectivity index (χ2v) is 10.4. The molecular weight excluding hydrogens is 479 g/mol. The van der Waals surface area contributed by atoms with Gasteiger partial charge in [-0.05, 0) is 26.1 Å². The van der Waals surface area contributed by atoms with Crippen LogP contribution in [0.4, 0.5) is 0 Å². The molecule has 0 spiro atoms. The molecule has 1 nitrogen and oxygen atoms in total. The molecule has 23 heavy (non-hydrogen) atoms. The van der Waals surface area contributed by atoms with Crippen molar-refractivity contribution in [2.75, 3.05) is 6.61 Å². The van der Waals surface area contributed by atoms with Gasteiger partial charge in [-0.1, -0.05) is 44.9 Å². The number of unbranched alkanes of at least 4 members (excludes halogenated alkanes) is 5. The van der Waals surface area contributed by atoms with Crippen molar-refractivity contribution in [2.45, 2.75) is 71.0 Å². The first-order chi connectivity index (χ1) is 9.14. The number of hydrogen-bond donors (Lipinski definition) is 0. The molecule has 1 aromatic rings. The largest absolute Gasteiger partial charge is 4.00 e. The van der Waals surface area contributed by atoms with E-state index in [4.69, 9.17) is 4.43 Å². The van der Waals surface area contributed by atoms with E-state index in [1.807, 2.05) is 0 Å². The van der Waals surface area contributed by atoms with E-state index < -0.39 is 8.32 Å². The SMILES string of the molecule is CCO[Si](C)(C)CCCCCCCC[c-]1cccc1.[CH3-].[CH3-].[CH3-].[Pt+4]. The van der Waals surface area contributed by atoms with Crippen LogP contribution in [-0.4, -0.2) is 14.9 Å². The van der Waals surface area contributed by atoms with Gasteiger partial charge in [-0.3, -0.25) is 0 Å². The van der Waals surface area contributed by atoms with Crippen molar-refractivity contribution in [3.8, 4) is 0 Å². The molecule has 0 bridgehead atoms. The fraction of sp³-hybridized carbons (Fsp3) is 0.600. The first-order valence-corrected chi connectivity index (χ1v) is 11.1. The van der Waals surface area contributed by atoms with Crippen LogP contribution in [-0.2, 0) is 31.9 Å². The van der Waals surface area contributed by atoms with Crippen LogP contribution < -0.4 is 0 Å². The predicted octanol–water partition coefficient (Wildman–Crippen LogP) is 6.88. The molecule has 0 amide bonds. The van der Waals surface area contributed by atoms with Crippen molar-refractivity contribution in [3.63, 3.8) is 0 Å². The minimum absolute atomic E-state index is 0. The van der Waals surface area contributed by atoms with Gasteiger partial charge in [0.05, 0.1) is 0 Å². The Morgan fingerprint density at radius 3 is 1.83 bits per heavy atom. The fourth-order valence-corrected chi connectivity index (χ4v) is 4.66. The molecule has 1 rings (SSSR count). The molecule has 0 aliphatic carbocycles. The summed E-state index contributed by atoms with van der Waals surface area (Å²) in [5.74, 6) is 0. The molecule has 0 radical (unpaired) electrons. The predicted molar refractivity (Wildman–Crippen MR) is 107 cm³/mol. The van der Waals surface area contributed by atoms with E-state index in [9.17, 15) is 0 Å². The average molecular weight is 520 g/mol. The number of hydrogen-bond acceptors (Lipinski definition) is 1. The van der Waals surface area contributed by atoms with Gasteiger partial charge in [0.15, 0.2) is 8.32 Å². The summed E-state index contributed by atoms with van der Waals surface area (Å²) in [7, 11) is -1.32. The standard InChI is InChI=1S/C17H31OSi.3CH3.Pt/c1-4-18-19(2,3)16-12-8-6-5-7-9-13-17-14-10-11-15-17;;;;/h10-11,14-15H,4-9,12-13,16H2,1-3H3;3*1H3;/q4*-1;+4. The van der Waals surface area contributed by atoms with E-state index in [0.717, 1.165) is 6.61 Å². The second-order valence-electron chi connectivity index (χ2n) is 6.11. The van der Waals surface area contributed by atoms with Crippen LogP contribution in [0.5, 0.6) is 0 Å². The van der Waals surface area contributed by atoms with Crippen LogP contribution in [0.25, 0.3) is 0 Å². The van der Waals surface area contributed by atoms with Gasteiger partial charge < -0.3 is 26.7 Å². The normalized spacial score (nSPS) is 9.87. The first kappa shape index (κ1) is 31.0. The summed E-state index contributed by atoms with van der Waals surface area (Å²) in [5.41, 5.74) is 1.50. The fourth-order valence-electron chi connectivity index (χ4n) is 2.63. The molecule has 0 aromatic heterocycles. The molecule has 0 N–H and O–H groups in total. The molecule has 3 heteroatoms. The van der Waals surface area contributed by atoms with Gasteiger partial charge in [0.2, 0.25) is 0 Å². The van der Waals surface area contributed by atoms with Gasteiger partial charge in [-0.25, -0.2) is 12.1 Å². The molecule has 1 aromatic carbocycles. The minimum Gasteiger partial charge on any atom is -0.418 e. The van der Waals surface area contributed by atoms with Crippen LogP contribution >= 0.6 is 0 Å². The Balaban J connectivity index is -0.000000451. The molecule has 0 aliphatic heterocycles. The quantitative estimate of drug-likeness (QED) is 0.176. The maximum absolute atomic E-state index is 5.85. The average Bonchev–Trinajstić information content (AvgIpc) is 2.85. The summed E-state index contributed by atoms with van der Waals surface area (Å²) in [6.07, 6.45) is 9.55. The van der Waals surface area contributed by atoms with Gasteiger partial charge in [0, 0.05) is 6.61 Å². The van der Waals surface area contributed by atoms with E-state index in [2.05, 4.69) is 44.3 Å². The van der Waals surface area contributed by atoms with Crippen LogP contribution in [0, 0.1) is 22.3 Å². The Kier molecular flexibility index (Phi) is 25.0. The molecule has 0 heterocycles. The summed E-state index contributed by atoms with van der Waals surface area (Å²) >= 11 is 0. The molecule has 0 saturated heterocycles. The van der Waals surface area contributed by atoms with E-state index in [1.165, 1.54) is 56.6 Å². The number of rotatable bonds is 11. The van der Waals surface area contributed by atoms with Gasteiger partial charge >= 0.3 is 21.1 Å². The Hall–Kier alpha value is 0.215.